The van der Waals surface area contributed by atoms with Crippen LogP contribution in [0.5, 0.6) is 0 Å². The molecule has 0 aromatic heterocycles. The van der Waals surface area contributed by atoms with Crippen molar-refractivity contribution in [2.24, 2.45) is 0 Å². The molecule has 0 aliphatic heterocycles. The van der Waals surface area contributed by atoms with Crippen molar-refractivity contribution in [3.05, 3.63) is 40.9 Å². The van der Waals surface area contributed by atoms with Gasteiger partial charge in [-0.1, -0.05) is 23.7 Å². The second-order valence-electron chi connectivity index (χ2n) is 4.38. The highest BCUT2D eigenvalue weighted by molar-refractivity contribution is 6.30. The number of nitrogens with one attached hydrogen (secondary N) is 1. The SMILES string of the molecule is CC(O)CC(C)NC(=O)/C=C/c1cccc(Cl)c1. The van der Waals surface area contributed by atoms with Crippen molar-refractivity contribution in [3.63, 3.8) is 0 Å². The summed E-state index contributed by atoms with van der Waals surface area (Å²) in [6.07, 6.45) is 3.29. The smallest absolute Gasteiger partial charge is 0.244 e. The van der Waals surface area contributed by atoms with Gasteiger partial charge in [0, 0.05) is 17.1 Å². The number of hydrogen-bond donors (Lipinski definition) is 2. The number of rotatable bonds is 5. The average Bonchev–Trinajstić information content (AvgIpc) is 2.25. The molecule has 2 atom stereocenters. The molecule has 0 saturated carbocycles. The van der Waals surface area contributed by atoms with E-state index < -0.39 is 6.10 Å². The van der Waals surface area contributed by atoms with Crippen LogP contribution < -0.4 is 5.32 Å². The van der Waals surface area contributed by atoms with E-state index in [4.69, 9.17) is 11.6 Å². The summed E-state index contributed by atoms with van der Waals surface area (Å²) in [7, 11) is 0. The van der Waals surface area contributed by atoms with Gasteiger partial charge in [-0.25, -0.2) is 0 Å². The van der Waals surface area contributed by atoms with Gasteiger partial charge in [0.15, 0.2) is 0 Å². The predicted molar refractivity (Wildman–Crippen MR) is 74.4 cm³/mol. The highest BCUT2D eigenvalue weighted by Crippen LogP contribution is 2.11. The van der Waals surface area contributed by atoms with Crippen molar-refractivity contribution in [2.45, 2.75) is 32.4 Å². The van der Waals surface area contributed by atoms with Crippen molar-refractivity contribution < 1.29 is 9.90 Å². The van der Waals surface area contributed by atoms with E-state index in [1.54, 1.807) is 25.1 Å². The van der Waals surface area contributed by atoms with E-state index in [-0.39, 0.29) is 11.9 Å². The second kappa shape index (κ2) is 7.19. The Hall–Kier alpha value is -1.32. The van der Waals surface area contributed by atoms with Crippen molar-refractivity contribution in [1.29, 1.82) is 0 Å². The highest BCUT2D eigenvalue weighted by atomic mass is 35.5. The van der Waals surface area contributed by atoms with Gasteiger partial charge in [0.2, 0.25) is 5.91 Å². The molecule has 0 saturated heterocycles. The first-order valence-corrected chi connectivity index (χ1v) is 6.27. The number of benzene rings is 1. The number of aliphatic hydroxyl groups is 1. The summed E-state index contributed by atoms with van der Waals surface area (Å²) < 4.78 is 0. The number of amides is 1. The van der Waals surface area contributed by atoms with E-state index in [0.717, 1.165) is 5.56 Å². The van der Waals surface area contributed by atoms with E-state index in [1.807, 2.05) is 19.1 Å². The van der Waals surface area contributed by atoms with Gasteiger partial charge in [0.1, 0.15) is 0 Å². The first-order chi connectivity index (χ1) is 8.47. The lowest BCUT2D eigenvalue weighted by atomic mass is 10.1. The van der Waals surface area contributed by atoms with E-state index in [2.05, 4.69) is 5.32 Å². The maximum Gasteiger partial charge on any atom is 0.244 e. The van der Waals surface area contributed by atoms with Gasteiger partial charge in [-0.05, 0) is 44.0 Å². The van der Waals surface area contributed by atoms with Crippen LogP contribution in [0.4, 0.5) is 0 Å². The third-order valence-electron chi connectivity index (χ3n) is 2.36. The van der Waals surface area contributed by atoms with Crippen LogP contribution in [0.2, 0.25) is 5.02 Å². The minimum atomic E-state index is -0.419. The molecule has 3 nitrogen and oxygen atoms in total. The summed E-state index contributed by atoms with van der Waals surface area (Å²) >= 11 is 5.84. The number of aliphatic hydroxyl groups excluding tert-OH is 1. The first kappa shape index (κ1) is 14.7. The molecule has 18 heavy (non-hydrogen) atoms. The molecule has 4 heteroatoms. The Morgan fingerprint density at radius 1 is 1.50 bits per heavy atom. The Balaban J connectivity index is 2.49. The lowest BCUT2D eigenvalue weighted by Crippen LogP contribution is -2.33. The van der Waals surface area contributed by atoms with E-state index in [0.29, 0.717) is 11.4 Å². The van der Waals surface area contributed by atoms with Gasteiger partial charge in [0.05, 0.1) is 6.10 Å². The molecule has 2 N–H and O–H groups in total. The van der Waals surface area contributed by atoms with E-state index >= 15 is 0 Å². The maximum atomic E-state index is 11.6. The summed E-state index contributed by atoms with van der Waals surface area (Å²) in [5.41, 5.74) is 0.876. The molecule has 0 bridgehead atoms. The number of halogens is 1. The molecule has 1 rings (SSSR count). The van der Waals surface area contributed by atoms with Crippen molar-refractivity contribution in [1.82, 2.24) is 5.32 Å². The molecule has 0 aliphatic carbocycles. The van der Waals surface area contributed by atoms with Gasteiger partial charge in [0.25, 0.3) is 0 Å². The molecule has 2 unspecified atom stereocenters. The predicted octanol–water partition coefficient (Wildman–Crippen LogP) is 2.63. The van der Waals surface area contributed by atoms with E-state index in [9.17, 15) is 9.90 Å². The Morgan fingerprint density at radius 3 is 2.83 bits per heavy atom. The fourth-order valence-electron chi connectivity index (χ4n) is 1.64. The Labute approximate surface area is 112 Å². The largest absolute Gasteiger partial charge is 0.393 e. The Morgan fingerprint density at radius 2 is 2.22 bits per heavy atom. The molecule has 0 spiro atoms. The number of hydrogen-bond acceptors (Lipinski definition) is 2. The monoisotopic (exact) mass is 267 g/mol. The van der Waals surface area contributed by atoms with Crippen LogP contribution in [0.1, 0.15) is 25.8 Å². The summed E-state index contributed by atoms with van der Waals surface area (Å²) in [5.74, 6) is -0.178. The molecule has 0 aliphatic rings. The molecular formula is C14H18ClNO2. The molecule has 1 aromatic carbocycles. The summed E-state index contributed by atoms with van der Waals surface area (Å²) in [4.78, 5) is 11.6. The van der Waals surface area contributed by atoms with Crippen LogP contribution in [-0.2, 0) is 4.79 Å². The minimum absolute atomic E-state index is 0.0542. The van der Waals surface area contributed by atoms with Gasteiger partial charge in [-0.15, -0.1) is 0 Å². The maximum absolute atomic E-state index is 11.6. The van der Waals surface area contributed by atoms with Gasteiger partial charge < -0.3 is 10.4 Å². The Kier molecular flexibility index (Phi) is 5.89. The van der Waals surface area contributed by atoms with Crippen LogP contribution in [0, 0.1) is 0 Å². The zero-order valence-electron chi connectivity index (χ0n) is 10.6. The summed E-state index contributed by atoms with van der Waals surface area (Å²) in [5, 5.41) is 12.6. The van der Waals surface area contributed by atoms with Crippen LogP contribution in [-0.4, -0.2) is 23.2 Å². The first-order valence-electron chi connectivity index (χ1n) is 5.89. The van der Waals surface area contributed by atoms with Gasteiger partial charge >= 0.3 is 0 Å². The molecule has 0 radical (unpaired) electrons. The van der Waals surface area contributed by atoms with Crippen LogP contribution in [0.3, 0.4) is 0 Å². The van der Waals surface area contributed by atoms with Crippen LogP contribution >= 0.6 is 11.6 Å². The fourth-order valence-corrected chi connectivity index (χ4v) is 1.84. The average molecular weight is 268 g/mol. The summed E-state index contributed by atoms with van der Waals surface area (Å²) in [6, 6.07) is 7.21. The zero-order chi connectivity index (χ0) is 13.5. The molecule has 1 amide bonds. The summed E-state index contributed by atoms with van der Waals surface area (Å²) in [6.45, 7) is 3.56. The topological polar surface area (TPSA) is 49.3 Å². The quantitative estimate of drug-likeness (QED) is 0.806. The molecule has 98 valence electrons. The zero-order valence-corrected chi connectivity index (χ0v) is 11.3. The second-order valence-corrected chi connectivity index (χ2v) is 4.82. The van der Waals surface area contributed by atoms with Crippen molar-refractivity contribution in [2.75, 3.05) is 0 Å². The lowest BCUT2D eigenvalue weighted by Gasteiger charge is -2.13. The molecule has 0 heterocycles. The Bertz CT molecular complexity index is 430. The van der Waals surface area contributed by atoms with Crippen LogP contribution in [0.25, 0.3) is 6.08 Å². The molecular weight excluding hydrogens is 250 g/mol. The minimum Gasteiger partial charge on any atom is -0.393 e. The number of carbonyl (C=O) groups excluding carboxylic acids is 1. The molecule has 0 fully saturated rings. The third kappa shape index (κ3) is 5.84. The normalized spacial score (nSPS) is 14.4. The third-order valence-corrected chi connectivity index (χ3v) is 2.59. The highest BCUT2D eigenvalue weighted by Gasteiger charge is 2.07. The fraction of sp³-hybridized carbons (Fsp3) is 0.357. The van der Waals surface area contributed by atoms with Crippen molar-refractivity contribution >= 4 is 23.6 Å². The van der Waals surface area contributed by atoms with E-state index in [1.165, 1.54) is 6.08 Å². The standard InChI is InChI=1S/C14H18ClNO2/c1-10(8-11(2)17)16-14(18)7-6-12-4-3-5-13(15)9-12/h3-7,9-11,17H,8H2,1-2H3,(H,16,18)/b7-6+. The van der Waals surface area contributed by atoms with Crippen LogP contribution in [0.15, 0.2) is 30.3 Å². The van der Waals surface area contributed by atoms with Crippen molar-refractivity contribution in [3.8, 4) is 0 Å². The number of carbonyl (C=O) groups is 1. The van der Waals surface area contributed by atoms with Gasteiger partial charge in [-0.2, -0.15) is 0 Å². The molecule has 1 aromatic rings. The van der Waals surface area contributed by atoms with Gasteiger partial charge in [-0.3, -0.25) is 4.79 Å². The lowest BCUT2D eigenvalue weighted by molar-refractivity contribution is -0.117.